The van der Waals surface area contributed by atoms with Crippen LogP contribution in [-0.4, -0.2) is 37.7 Å². The Morgan fingerprint density at radius 1 is 1.15 bits per heavy atom. The number of aromatic hydroxyl groups is 1. The molecule has 0 bridgehead atoms. The Labute approximate surface area is 189 Å². The molecule has 1 aliphatic heterocycles. The maximum atomic E-state index is 13.6. The number of rotatable bonds is 2. The molecule has 0 amide bonds. The lowest BCUT2D eigenvalue weighted by Crippen LogP contribution is -2.54. The number of carbonyl (C=O) groups excluding carboxylic acids is 2. The molecule has 2 aromatic rings. The number of phenols is 1. The third kappa shape index (κ3) is 2.65. The second kappa shape index (κ2) is 6.94. The van der Waals surface area contributed by atoms with Crippen LogP contribution in [0.3, 0.4) is 0 Å². The summed E-state index contributed by atoms with van der Waals surface area (Å²) in [5, 5.41) is 10.1. The molecule has 172 valence electrons. The van der Waals surface area contributed by atoms with E-state index in [9.17, 15) is 24.3 Å². The van der Waals surface area contributed by atoms with E-state index >= 15 is 0 Å². The van der Waals surface area contributed by atoms with Crippen molar-refractivity contribution >= 4 is 11.6 Å². The van der Waals surface area contributed by atoms with E-state index in [1.807, 2.05) is 13.0 Å². The molecule has 2 aliphatic carbocycles. The van der Waals surface area contributed by atoms with Crippen LogP contribution in [0.25, 0.3) is 0 Å². The number of allylic oxidation sites excluding steroid dienone is 4. The molecule has 3 aliphatic rings. The topological polar surface area (TPSA) is 113 Å². The summed E-state index contributed by atoms with van der Waals surface area (Å²) in [7, 11) is 2.87. The Morgan fingerprint density at radius 3 is 2.58 bits per heavy atom. The molecule has 0 spiro atoms. The van der Waals surface area contributed by atoms with Crippen molar-refractivity contribution < 1.29 is 19.4 Å². The van der Waals surface area contributed by atoms with Crippen molar-refractivity contribution in [3.63, 3.8) is 0 Å². The first-order valence-corrected chi connectivity index (χ1v) is 10.8. The summed E-state index contributed by atoms with van der Waals surface area (Å²) in [6.07, 6.45) is 3.52. The number of methoxy groups -OCH3 is 1. The highest BCUT2D eigenvalue weighted by molar-refractivity contribution is 6.13. The highest BCUT2D eigenvalue weighted by atomic mass is 16.5. The van der Waals surface area contributed by atoms with Gasteiger partial charge in [-0.2, -0.15) is 0 Å². The van der Waals surface area contributed by atoms with Crippen LogP contribution in [0.2, 0.25) is 0 Å². The number of nitrogens with zero attached hydrogens (tertiary/aromatic N) is 3. The molecule has 1 fully saturated rings. The highest BCUT2D eigenvalue weighted by Crippen LogP contribution is 2.60. The quantitative estimate of drug-likeness (QED) is 0.692. The second-order valence-corrected chi connectivity index (χ2v) is 9.26. The van der Waals surface area contributed by atoms with Crippen LogP contribution in [0.4, 0.5) is 0 Å². The number of ether oxygens (including phenoxy) is 1. The fourth-order valence-corrected chi connectivity index (χ4v) is 6.02. The van der Waals surface area contributed by atoms with Gasteiger partial charge in [0.2, 0.25) is 0 Å². The van der Waals surface area contributed by atoms with Crippen molar-refractivity contribution in [3.05, 3.63) is 68.0 Å². The number of aromatic nitrogens is 3. The third-order valence-corrected chi connectivity index (χ3v) is 7.63. The molecule has 4 atom stereocenters. The summed E-state index contributed by atoms with van der Waals surface area (Å²) < 4.78 is 9.17. The summed E-state index contributed by atoms with van der Waals surface area (Å²) in [6, 6.07) is 4.34. The first-order valence-electron chi connectivity index (χ1n) is 10.8. The second-order valence-electron chi connectivity index (χ2n) is 9.26. The summed E-state index contributed by atoms with van der Waals surface area (Å²) in [6.45, 7) is 3.64. The van der Waals surface area contributed by atoms with Crippen LogP contribution in [0.1, 0.15) is 37.8 Å². The Morgan fingerprint density at radius 2 is 1.88 bits per heavy atom. The predicted molar refractivity (Wildman–Crippen MR) is 118 cm³/mol. The van der Waals surface area contributed by atoms with Crippen LogP contribution in [0, 0.1) is 11.3 Å². The molecule has 9 nitrogen and oxygen atoms in total. The van der Waals surface area contributed by atoms with Gasteiger partial charge in [0.25, 0.3) is 0 Å². The zero-order chi connectivity index (χ0) is 23.8. The minimum absolute atomic E-state index is 0.0387. The fraction of sp³-hybridized carbons (Fsp3) is 0.417. The van der Waals surface area contributed by atoms with E-state index in [1.165, 1.54) is 35.7 Å². The van der Waals surface area contributed by atoms with Gasteiger partial charge in [0.05, 0.1) is 25.1 Å². The van der Waals surface area contributed by atoms with E-state index < -0.39 is 34.7 Å². The number of ketones is 2. The van der Waals surface area contributed by atoms with Crippen molar-refractivity contribution in [2.75, 3.05) is 7.11 Å². The van der Waals surface area contributed by atoms with Gasteiger partial charge in [0, 0.05) is 18.9 Å². The summed E-state index contributed by atoms with van der Waals surface area (Å²) in [5.74, 6) is -1.29. The fourth-order valence-electron chi connectivity index (χ4n) is 6.02. The van der Waals surface area contributed by atoms with E-state index in [4.69, 9.17) is 4.74 Å². The van der Waals surface area contributed by atoms with Crippen molar-refractivity contribution in [2.24, 2.45) is 18.4 Å². The maximum absolute atomic E-state index is 13.6. The Kier molecular flexibility index (Phi) is 4.46. The Balaban J connectivity index is 1.80. The molecule has 1 saturated carbocycles. The Bertz CT molecular complexity index is 1400. The summed E-state index contributed by atoms with van der Waals surface area (Å²) >= 11 is 0. The van der Waals surface area contributed by atoms with Gasteiger partial charge in [0.1, 0.15) is 0 Å². The molecule has 5 rings (SSSR count). The molecule has 1 aromatic carbocycles. The normalized spacial score (nSPS) is 28.4. The molecule has 33 heavy (non-hydrogen) atoms. The van der Waals surface area contributed by atoms with E-state index in [-0.39, 0.29) is 36.0 Å². The van der Waals surface area contributed by atoms with Crippen molar-refractivity contribution in [1.82, 2.24) is 13.9 Å². The van der Waals surface area contributed by atoms with E-state index in [0.29, 0.717) is 11.1 Å². The molecule has 9 heteroatoms. The monoisotopic (exact) mass is 451 g/mol. The largest absolute Gasteiger partial charge is 0.504 e. The number of Topliss-reactive ketones (excluding diaryl/α,β-unsaturated/α-hetero) is 1. The van der Waals surface area contributed by atoms with Gasteiger partial charge in [0.15, 0.2) is 23.1 Å². The van der Waals surface area contributed by atoms with Gasteiger partial charge in [-0.15, -0.1) is 0 Å². The average molecular weight is 451 g/mol. The molecule has 1 aromatic heterocycles. The van der Waals surface area contributed by atoms with E-state index in [1.54, 1.807) is 19.1 Å². The lowest BCUT2D eigenvalue weighted by molar-refractivity contribution is -0.139. The Hall–Kier alpha value is -3.62. The number of benzene rings is 1. The zero-order valence-electron chi connectivity index (χ0n) is 18.9. The van der Waals surface area contributed by atoms with E-state index in [0.717, 1.165) is 10.1 Å². The van der Waals surface area contributed by atoms with Gasteiger partial charge in [-0.3, -0.25) is 9.59 Å². The minimum Gasteiger partial charge on any atom is -0.504 e. The third-order valence-electron chi connectivity index (χ3n) is 7.63. The number of hydrogen-bond acceptors (Lipinski definition) is 6. The van der Waals surface area contributed by atoms with Crippen molar-refractivity contribution in [2.45, 2.75) is 38.8 Å². The van der Waals surface area contributed by atoms with E-state index in [2.05, 4.69) is 0 Å². The zero-order valence-corrected chi connectivity index (χ0v) is 18.9. The molecular formula is C24H25N3O6. The average Bonchev–Trinajstić information content (AvgIpc) is 3.01. The van der Waals surface area contributed by atoms with Crippen LogP contribution in [0.15, 0.2) is 51.1 Å². The number of fused-ring (bicyclic) bond motifs is 4. The van der Waals surface area contributed by atoms with Crippen molar-refractivity contribution in [1.29, 1.82) is 0 Å². The smallest absolute Gasteiger partial charge is 0.347 e. The standard InChI is InChI=1S/C24H25N3O6/c1-12-9-18(29)15-11-16-14(7-8-26-22(31)25(3)23(32)27(16)26)20(24(15,2)21(12)30)13-5-6-17(28)19(10-13)33-4/h5-7,9-10,15-16,20,28H,8,11H2,1-4H3/t15-,16+,20-,24+/m0/s1. The minimum atomic E-state index is -1.08. The molecule has 2 heterocycles. The first kappa shape index (κ1) is 21.2. The first-order chi connectivity index (χ1) is 15.6. The molecule has 0 radical (unpaired) electrons. The lowest BCUT2D eigenvalue weighted by atomic mass is 9.51. The molecule has 1 N–H and O–H groups in total. The van der Waals surface area contributed by atoms with Gasteiger partial charge in [-0.1, -0.05) is 19.1 Å². The summed E-state index contributed by atoms with van der Waals surface area (Å²) in [5.41, 5.74) is -0.0519. The van der Waals surface area contributed by atoms with Gasteiger partial charge in [-0.05, 0) is 48.3 Å². The van der Waals surface area contributed by atoms with Crippen LogP contribution >= 0.6 is 0 Å². The number of hydrogen-bond donors (Lipinski definition) is 1. The van der Waals surface area contributed by atoms with Gasteiger partial charge < -0.3 is 9.84 Å². The van der Waals surface area contributed by atoms with Crippen LogP contribution in [-0.2, 0) is 23.2 Å². The van der Waals surface area contributed by atoms with Crippen molar-refractivity contribution in [3.8, 4) is 11.5 Å². The van der Waals surface area contributed by atoms with Crippen LogP contribution < -0.4 is 16.1 Å². The molecular weight excluding hydrogens is 426 g/mol. The highest BCUT2D eigenvalue weighted by Gasteiger charge is 2.59. The van der Waals surface area contributed by atoms with Crippen LogP contribution in [0.5, 0.6) is 11.5 Å². The molecule has 0 unspecified atom stereocenters. The molecule has 0 saturated heterocycles. The number of carbonyl (C=O) groups is 2. The summed E-state index contributed by atoms with van der Waals surface area (Å²) in [4.78, 5) is 52.4. The predicted octanol–water partition coefficient (Wildman–Crippen LogP) is 1.45. The SMILES string of the molecule is COc1cc([C@H]2C3=CCn4c(=O)n(C)c(=O)n4[C@@H]3C[C@H]3C(=O)C=C(C)C(=O)[C@@]23C)ccc1O. The maximum Gasteiger partial charge on any atom is 0.347 e. The van der Waals surface area contributed by atoms with Gasteiger partial charge >= 0.3 is 11.4 Å². The lowest BCUT2D eigenvalue weighted by Gasteiger charge is -2.52. The van der Waals surface area contributed by atoms with Gasteiger partial charge in [-0.25, -0.2) is 23.5 Å². The number of phenolic OH excluding ortho intramolecular Hbond substituents is 1.